The van der Waals surface area contributed by atoms with Gasteiger partial charge in [-0.2, -0.15) is 0 Å². The Morgan fingerprint density at radius 3 is 2.50 bits per heavy atom. The molecular weight excluding hydrogens is 522 g/mol. The highest BCUT2D eigenvalue weighted by molar-refractivity contribution is 7.11. The number of ether oxygens (including phenoxy) is 2. The van der Waals surface area contributed by atoms with E-state index in [1.165, 1.54) is 28.0 Å². The molecule has 2 N–H and O–H groups in total. The third-order valence-electron chi connectivity index (χ3n) is 7.75. The number of fused-ring (bicyclic) bond motifs is 3. The van der Waals surface area contributed by atoms with Crippen LogP contribution in [0.2, 0.25) is 0 Å². The van der Waals surface area contributed by atoms with Gasteiger partial charge >= 0.3 is 0 Å². The smallest absolute Gasteiger partial charge is 0.257 e. The Kier molecular flexibility index (Phi) is 7.04. The van der Waals surface area contributed by atoms with Crippen LogP contribution in [0.5, 0.6) is 11.5 Å². The summed E-state index contributed by atoms with van der Waals surface area (Å²) in [6, 6.07) is 17.4. The number of nitrogens with one attached hydrogen (secondary N) is 2. The van der Waals surface area contributed by atoms with Crippen molar-refractivity contribution < 1.29 is 14.3 Å². The van der Waals surface area contributed by atoms with Crippen LogP contribution in [0.25, 0.3) is 21.8 Å². The summed E-state index contributed by atoms with van der Waals surface area (Å²) in [6.07, 6.45) is 1.90. The van der Waals surface area contributed by atoms with E-state index in [2.05, 4.69) is 39.5 Å². The highest BCUT2D eigenvalue weighted by atomic mass is 32.1. The molecule has 7 nitrogen and oxygen atoms in total. The number of benzene rings is 3. The lowest BCUT2D eigenvalue weighted by atomic mass is 9.98. The summed E-state index contributed by atoms with van der Waals surface area (Å²) in [4.78, 5) is 33.1. The highest BCUT2D eigenvalue weighted by Crippen LogP contribution is 2.33. The number of para-hydroxylation sites is 1. The van der Waals surface area contributed by atoms with Gasteiger partial charge in [0, 0.05) is 41.0 Å². The lowest BCUT2D eigenvalue weighted by Crippen LogP contribution is -2.32. The van der Waals surface area contributed by atoms with Gasteiger partial charge in [0.15, 0.2) is 16.9 Å². The number of rotatable bonds is 7. The van der Waals surface area contributed by atoms with Crippen molar-refractivity contribution in [1.82, 2.24) is 9.88 Å². The second-order valence-electron chi connectivity index (χ2n) is 10.2. The minimum absolute atomic E-state index is 0.0526. The molecule has 0 saturated heterocycles. The van der Waals surface area contributed by atoms with Crippen LogP contribution in [-0.4, -0.2) is 43.1 Å². The minimum Gasteiger partial charge on any atom is -0.493 e. The first-order valence-electron chi connectivity index (χ1n) is 13.3. The normalized spacial score (nSPS) is 13.4. The molecule has 2 aromatic heterocycles. The summed E-state index contributed by atoms with van der Waals surface area (Å²) < 4.78 is 10.9. The van der Waals surface area contributed by atoms with Crippen molar-refractivity contribution in [3.8, 4) is 11.5 Å². The summed E-state index contributed by atoms with van der Waals surface area (Å²) in [5.74, 6) is 1.30. The van der Waals surface area contributed by atoms with Crippen LogP contribution >= 0.6 is 11.3 Å². The Balaban J connectivity index is 1.12. The molecule has 0 spiro atoms. The Hall–Kier alpha value is -4.14. The number of pyridine rings is 1. The fourth-order valence-electron chi connectivity index (χ4n) is 5.49. The fourth-order valence-corrected chi connectivity index (χ4v) is 6.28. The number of carbonyl (C=O) groups excluding carboxylic acids is 1. The first-order chi connectivity index (χ1) is 19.4. The van der Waals surface area contributed by atoms with Crippen LogP contribution in [0, 0.1) is 6.92 Å². The highest BCUT2D eigenvalue weighted by Gasteiger charge is 2.20. The number of amides is 1. The molecule has 0 aliphatic carbocycles. The summed E-state index contributed by atoms with van der Waals surface area (Å²) >= 11 is 1.53. The molecular formula is C32H31N3O4S. The molecule has 0 radical (unpaired) electrons. The largest absolute Gasteiger partial charge is 0.493 e. The number of H-pyrrole nitrogens is 1. The molecule has 0 saturated carbocycles. The second-order valence-corrected chi connectivity index (χ2v) is 11.2. The zero-order valence-electron chi connectivity index (χ0n) is 22.8. The molecule has 204 valence electrons. The van der Waals surface area contributed by atoms with Gasteiger partial charge in [-0.3, -0.25) is 14.5 Å². The zero-order valence-corrected chi connectivity index (χ0v) is 23.6. The number of nitrogens with zero attached hydrogens (tertiary/aromatic N) is 1. The van der Waals surface area contributed by atoms with Crippen LogP contribution in [0.1, 0.15) is 31.9 Å². The number of methoxy groups -OCH3 is 2. The predicted molar refractivity (Wildman–Crippen MR) is 161 cm³/mol. The van der Waals surface area contributed by atoms with Crippen LogP contribution in [0.3, 0.4) is 0 Å². The van der Waals surface area contributed by atoms with Crippen LogP contribution in [0.4, 0.5) is 5.69 Å². The average Bonchev–Trinajstić information content (AvgIpc) is 3.36. The standard InChI is InChI=1S/C32H31N3O4S/c1-19-29-26(18-40-19)31(36)24-5-4-6-25(30(24)34-29)32(37)33-23-9-7-20(8-10-23)11-13-35-14-12-21-15-27(38-2)28(39-3)16-22(21)17-35/h4-10,15-16,18,34H,11-14,17H2,1-3H3,(H,33,37). The Morgan fingerprint density at radius 2 is 1.75 bits per heavy atom. The summed E-state index contributed by atoms with van der Waals surface area (Å²) in [7, 11) is 3.34. The van der Waals surface area contributed by atoms with E-state index < -0.39 is 0 Å². The second kappa shape index (κ2) is 10.8. The molecule has 40 heavy (non-hydrogen) atoms. The van der Waals surface area contributed by atoms with E-state index >= 15 is 0 Å². The summed E-state index contributed by atoms with van der Waals surface area (Å²) in [5.41, 5.74) is 6.28. The van der Waals surface area contributed by atoms with E-state index in [1.54, 1.807) is 32.4 Å². The van der Waals surface area contributed by atoms with E-state index in [-0.39, 0.29) is 11.3 Å². The van der Waals surface area contributed by atoms with Gasteiger partial charge in [-0.05, 0) is 72.9 Å². The van der Waals surface area contributed by atoms with Crippen LogP contribution in [0.15, 0.2) is 64.8 Å². The molecule has 3 heterocycles. The average molecular weight is 554 g/mol. The SMILES string of the molecule is COc1cc2c(cc1OC)CN(CCc1ccc(NC(=O)c3cccc4c(=O)c5csc(C)c5[nH]c34)cc1)CC2. The molecule has 1 amide bonds. The molecule has 1 aliphatic heterocycles. The fraction of sp³-hybridized carbons (Fsp3) is 0.250. The molecule has 0 bridgehead atoms. The van der Waals surface area contributed by atoms with Gasteiger partial charge < -0.3 is 19.8 Å². The van der Waals surface area contributed by atoms with Gasteiger partial charge in [-0.25, -0.2) is 0 Å². The maximum absolute atomic E-state index is 13.2. The number of thiophene rings is 1. The lowest BCUT2D eigenvalue weighted by Gasteiger charge is -2.29. The van der Waals surface area contributed by atoms with E-state index in [4.69, 9.17) is 9.47 Å². The van der Waals surface area contributed by atoms with E-state index in [1.807, 2.05) is 24.4 Å². The quantitative estimate of drug-likeness (QED) is 0.261. The summed E-state index contributed by atoms with van der Waals surface area (Å²) in [5, 5.41) is 6.05. The van der Waals surface area contributed by atoms with Gasteiger partial charge in [0.2, 0.25) is 0 Å². The third kappa shape index (κ3) is 4.85. The van der Waals surface area contributed by atoms with Gasteiger partial charge in [-0.15, -0.1) is 11.3 Å². The molecule has 1 aliphatic rings. The van der Waals surface area contributed by atoms with Crippen molar-refractivity contribution in [1.29, 1.82) is 0 Å². The topological polar surface area (TPSA) is 83.7 Å². The molecule has 0 fully saturated rings. The molecule has 5 aromatic rings. The maximum Gasteiger partial charge on any atom is 0.257 e. The number of aromatic amines is 1. The predicted octanol–water partition coefficient (Wildman–Crippen LogP) is 5.92. The van der Waals surface area contributed by atoms with Crippen molar-refractivity contribution in [2.75, 3.05) is 32.6 Å². The molecule has 0 atom stereocenters. The lowest BCUT2D eigenvalue weighted by molar-refractivity contribution is 0.102. The monoisotopic (exact) mass is 553 g/mol. The zero-order chi connectivity index (χ0) is 27.8. The minimum atomic E-state index is -0.250. The number of hydrogen-bond acceptors (Lipinski definition) is 6. The Labute approximate surface area is 236 Å². The molecule has 8 heteroatoms. The Morgan fingerprint density at radius 1 is 1.00 bits per heavy atom. The van der Waals surface area contributed by atoms with E-state index in [0.29, 0.717) is 27.5 Å². The molecule has 6 rings (SSSR count). The van der Waals surface area contributed by atoms with Crippen molar-refractivity contribution in [2.45, 2.75) is 26.3 Å². The van der Waals surface area contributed by atoms with Gasteiger partial charge in [-0.1, -0.05) is 18.2 Å². The van der Waals surface area contributed by atoms with Crippen molar-refractivity contribution in [3.63, 3.8) is 0 Å². The van der Waals surface area contributed by atoms with Gasteiger partial charge in [0.25, 0.3) is 5.91 Å². The first kappa shape index (κ1) is 26.1. The first-order valence-corrected chi connectivity index (χ1v) is 14.2. The van der Waals surface area contributed by atoms with Crippen molar-refractivity contribution >= 4 is 44.7 Å². The van der Waals surface area contributed by atoms with Crippen LogP contribution < -0.4 is 20.2 Å². The maximum atomic E-state index is 13.2. The summed E-state index contributed by atoms with van der Waals surface area (Å²) in [6.45, 7) is 4.80. The third-order valence-corrected chi connectivity index (χ3v) is 8.66. The van der Waals surface area contributed by atoms with E-state index in [0.717, 1.165) is 54.4 Å². The van der Waals surface area contributed by atoms with Gasteiger partial charge in [0.05, 0.1) is 36.2 Å². The van der Waals surface area contributed by atoms with Crippen molar-refractivity contribution in [2.24, 2.45) is 0 Å². The number of aromatic nitrogens is 1. The number of carbonyl (C=O) groups is 1. The Bertz CT molecular complexity index is 1790. The number of aryl methyl sites for hydroxylation is 1. The number of hydrogen-bond donors (Lipinski definition) is 2. The van der Waals surface area contributed by atoms with E-state index in [9.17, 15) is 9.59 Å². The van der Waals surface area contributed by atoms with Crippen molar-refractivity contribution in [3.05, 3.63) is 97.3 Å². The van der Waals surface area contributed by atoms with Gasteiger partial charge in [0.1, 0.15) is 0 Å². The van der Waals surface area contributed by atoms with Crippen LogP contribution in [-0.2, 0) is 19.4 Å². The number of anilines is 1. The molecule has 0 unspecified atom stereocenters. The molecule has 3 aromatic carbocycles.